The SMILES string of the molecule is CCOCCC(C)c1cnc2c(NCCc3c[nH]c4ccccc34)cc(-c3cncc(F)c3)cn12.CCOCCC(C)c1cnc2c(NCCc3c[nH]c4ccccc34)nc(-c3cncc(F)c3)cn12.COCCCC(C)c1cnc2c(NCCc3c[nH]c4ccccc34)nc(-c3cncc(F)c3)cn12. The number of nitrogens with one attached hydrogen (secondary N) is 6. The number of halogens is 3. The second kappa shape index (κ2) is 34.3. The van der Waals surface area contributed by atoms with Crippen LogP contribution in [0.1, 0.15) is 112 Å². The lowest BCUT2D eigenvalue weighted by atomic mass is 10.0. The third kappa shape index (κ3) is 17.2. The fourth-order valence-electron chi connectivity index (χ4n) is 13.5. The molecular formula is C82H88F3N17O3. The van der Waals surface area contributed by atoms with Gasteiger partial charge in [0.05, 0.1) is 35.7 Å². The Kier molecular flexibility index (Phi) is 23.6. The van der Waals surface area contributed by atoms with Crippen molar-refractivity contribution < 1.29 is 27.4 Å². The van der Waals surface area contributed by atoms with Gasteiger partial charge in [-0.25, -0.2) is 38.1 Å². The average Bonchev–Trinajstić information content (AvgIpc) is 1.66. The highest BCUT2D eigenvalue weighted by Crippen LogP contribution is 2.34. The van der Waals surface area contributed by atoms with Crippen LogP contribution in [0, 0.1) is 17.5 Å². The quantitative estimate of drug-likeness (QED) is 0.0230. The number of hydrogen-bond donors (Lipinski definition) is 6. The molecule has 105 heavy (non-hydrogen) atoms. The average molecular weight is 1420 g/mol. The highest BCUT2D eigenvalue weighted by Gasteiger charge is 2.22. The number of rotatable bonds is 30. The lowest BCUT2D eigenvalue weighted by molar-refractivity contribution is 0.140. The largest absolute Gasteiger partial charge is 0.385 e. The first-order valence-corrected chi connectivity index (χ1v) is 36.0. The van der Waals surface area contributed by atoms with Gasteiger partial charge >= 0.3 is 0 Å². The second-order valence-corrected chi connectivity index (χ2v) is 26.3. The van der Waals surface area contributed by atoms with E-state index in [1.54, 1.807) is 25.7 Å². The van der Waals surface area contributed by atoms with Gasteiger partial charge in [0.1, 0.15) is 17.5 Å². The molecule has 0 amide bonds. The first-order chi connectivity index (χ1) is 51.4. The summed E-state index contributed by atoms with van der Waals surface area (Å²) >= 11 is 0. The van der Waals surface area contributed by atoms with Gasteiger partial charge in [-0.15, -0.1) is 0 Å². The van der Waals surface area contributed by atoms with Crippen molar-refractivity contribution in [2.24, 2.45) is 0 Å². The van der Waals surface area contributed by atoms with Crippen LogP contribution in [0.2, 0.25) is 0 Å². The number of nitrogens with zero attached hydrogens (tertiary/aromatic N) is 11. The standard InChI is InChI=1S/C28H30FN5O.2C27H29FN6O/c1-3-35-11-9-19(2)27-17-33-28-26(13-22(18-34(27)28)21-12-23(29)16-30-14-21)31-10-8-20-15-32-25-7-5-4-6-24(20)25;1-18(6-5-11-35-2)25-16-32-27-26(30-10-9-19-14-31-23-8-4-3-7-22(19)23)33-24(17-34(25)27)20-12-21(28)15-29-13-20;1-3-35-11-9-18(2)25-16-32-27-26(30-10-8-19-14-31-23-7-5-4-6-22(19)23)33-24(17-34(25)27)20-12-21(28)15-29-13-20/h4-7,12-19,31-32H,3,8-11H2,1-2H3;3-4,7-8,12-18,31H,5-6,9-11H2,1-2H3,(H,30,33);4-7,12-18,31H,3,8-11H2,1-2H3,(H,30,33). The minimum absolute atomic E-state index is 0.233. The molecule has 0 bridgehead atoms. The van der Waals surface area contributed by atoms with Crippen LogP contribution < -0.4 is 16.0 Å². The molecule has 3 aromatic carbocycles. The molecule has 0 aliphatic heterocycles. The summed E-state index contributed by atoms with van der Waals surface area (Å²) < 4.78 is 64.4. The molecule has 0 spiro atoms. The van der Waals surface area contributed by atoms with E-state index >= 15 is 0 Å². The van der Waals surface area contributed by atoms with E-state index in [0.29, 0.717) is 73.7 Å². The van der Waals surface area contributed by atoms with Crippen molar-refractivity contribution in [3.05, 3.63) is 241 Å². The number of anilines is 3. The topological polar surface area (TPSA) is 227 Å². The second-order valence-electron chi connectivity index (χ2n) is 26.3. The van der Waals surface area contributed by atoms with Crippen LogP contribution in [0.25, 0.3) is 83.3 Å². The van der Waals surface area contributed by atoms with Crippen molar-refractivity contribution in [2.75, 3.05) is 75.7 Å². The van der Waals surface area contributed by atoms with Gasteiger partial charge in [0, 0.05) is 218 Å². The number of H-pyrrole nitrogens is 3. The third-order valence-corrected chi connectivity index (χ3v) is 19.1. The summed E-state index contributed by atoms with van der Waals surface area (Å²) in [5.41, 5.74) is 17.8. The van der Waals surface area contributed by atoms with Crippen LogP contribution in [0.15, 0.2) is 190 Å². The lowest BCUT2D eigenvalue weighted by Crippen LogP contribution is -2.10. The molecule has 23 heteroatoms. The highest BCUT2D eigenvalue weighted by molar-refractivity contribution is 5.85. The zero-order valence-electron chi connectivity index (χ0n) is 60.0. The number of benzene rings is 3. The molecule has 12 aromatic heterocycles. The Morgan fingerprint density at radius 1 is 0.438 bits per heavy atom. The van der Waals surface area contributed by atoms with Gasteiger partial charge in [0.25, 0.3) is 0 Å². The first kappa shape index (κ1) is 72.1. The van der Waals surface area contributed by atoms with Gasteiger partial charge in [-0.3, -0.25) is 23.8 Å². The Morgan fingerprint density at radius 2 is 0.838 bits per heavy atom. The van der Waals surface area contributed by atoms with E-state index in [2.05, 4.69) is 152 Å². The van der Waals surface area contributed by atoms with Gasteiger partial charge in [0.15, 0.2) is 28.6 Å². The minimum atomic E-state index is -0.394. The third-order valence-electron chi connectivity index (χ3n) is 19.1. The lowest BCUT2D eigenvalue weighted by Gasteiger charge is -2.15. The number of hydrogen-bond acceptors (Lipinski definition) is 14. The molecule has 0 aliphatic carbocycles. The normalized spacial score (nSPS) is 12.4. The zero-order chi connectivity index (χ0) is 72.6. The maximum atomic E-state index is 14.0. The van der Waals surface area contributed by atoms with Gasteiger partial charge in [-0.1, -0.05) is 75.4 Å². The summed E-state index contributed by atoms with van der Waals surface area (Å²) in [6, 6.07) is 31.3. The van der Waals surface area contributed by atoms with Crippen LogP contribution in [0.5, 0.6) is 0 Å². The molecule has 3 atom stereocenters. The van der Waals surface area contributed by atoms with Crippen molar-refractivity contribution >= 4 is 67.0 Å². The molecule has 6 N–H and O–H groups in total. The number of pyridine rings is 4. The van der Waals surface area contributed by atoms with E-state index < -0.39 is 11.6 Å². The molecular weight excluding hydrogens is 1330 g/mol. The van der Waals surface area contributed by atoms with E-state index in [1.807, 2.05) is 81.4 Å². The summed E-state index contributed by atoms with van der Waals surface area (Å²) in [6.45, 7) is 16.2. The predicted octanol–water partition coefficient (Wildman–Crippen LogP) is 17.4. The molecule has 15 rings (SSSR count). The van der Waals surface area contributed by atoms with Crippen LogP contribution in [0.4, 0.5) is 30.5 Å². The summed E-state index contributed by atoms with van der Waals surface area (Å²) in [5.74, 6) is 0.962. The molecule has 20 nitrogen and oxygen atoms in total. The highest BCUT2D eigenvalue weighted by atomic mass is 19.1. The monoisotopic (exact) mass is 1420 g/mol. The van der Waals surface area contributed by atoms with Gasteiger partial charge in [0.2, 0.25) is 0 Å². The van der Waals surface area contributed by atoms with Crippen LogP contribution in [0.3, 0.4) is 0 Å². The zero-order valence-corrected chi connectivity index (χ0v) is 60.0. The number of aromatic nitrogens is 14. The molecule has 3 unspecified atom stereocenters. The molecule has 0 saturated heterocycles. The number of fused-ring (bicyclic) bond motifs is 6. The van der Waals surface area contributed by atoms with E-state index in [0.717, 1.165) is 125 Å². The Bertz CT molecular complexity index is 4850. The van der Waals surface area contributed by atoms with Crippen molar-refractivity contribution in [3.63, 3.8) is 0 Å². The fourth-order valence-corrected chi connectivity index (χ4v) is 13.5. The van der Waals surface area contributed by atoms with Crippen molar-refractivity contribution in [1.29, 1.82) is 0 Å². The Morgan fingerprint density at radius 3 is 1.28 bits per heavy atom. The van der Waals surface area contributed by atoms with Crippen molar-refractivity contribution in [3.8, 4) is 33.6 Å². The van der Waals surface area contributed by atoms with Crippen molar-refractivity contribution in [2.45, 2.75) is 97.3 Å². The van der Waals surface area contributed by atoms with Gasteiger partial charge in [-0.2, -0.15) is 0 Å². The Labute approximate surface area is 607 Å². The maximum absolute atomic E-state index is 14.0. The molecule has 12 heterocycles. The van der Waals surface area contributed by atoms with Crippen LogP contribution in [-0.2, 0) is 33.5 Å². The summed E-state index contributed by atoms with van der Waals surface area (Å²) in [4.78, 5) is 45.8. The minimum Gasteiger partial charge on any atom is -0.385 e. The number of aromatic amines is 3. The Balaban J connectivity index is 0.000000140. The van der Waals surface area contributed by atoms with Crippen LogP contribution >= 0.6 is 0 Å². The number of para-hydroxylation sites is 3. The number of imidazole rings is 3. The molecule has 0 fully saturated rings. The molecule has 15 aromatic rings. The molecule has 0 aliphatic rings. The van der Waals surface area contributed by atoms with Crippen LogP contribution in [-0.4, -0.2) is 128 Å². The van der Waals surface area contributed by atoms with E-state index in [9.17, 15) is 13.2 Å². The number of methoxy groups -OCH3 is 1. The Hall–Kier alpha value is -11.3. The summed E-state index contributed by atoms with van der Waals surface area (Å²) in [7, 11) is 1.72. The smallest absolute Gasteiger partial charge is 0.180 e. The van der Waals surface area contributed by atoms with E-state index in [4.69, 9.17) is 34.1 Å². The van der Waals surface area contributed by atoms with E-state index in [-0.39, 0.29) is 23.6 Å². The predicted molar refractivity (Wildman–Crippen MR) is 411 cm³/mol. The molecule has 0 saturated carbocycles. The summed E-state index contributed by atoms with van der Waals surface area (Å²) in [6.07, 6.45) is 32.6. The summed E-state index contributed by atoms with van der Waals surface area (Å²) in [5, 5.41) is 14.2. The van der Waals surface area contributed by atoms with Crippen molar-refractivity contribution in [1.82, 2.24) is 68.0 Å². The first-order valence-electron chi connectivity index (χ1n) is 36.0. The number of ether oxygens (including phenoxy) is 3. The van der Waals surface area contributed by atoms with Gasteiger partial charge in [-0.05, 0) is 124 Å². The maximum Gasteiger partial charge on any atom is 0.180 e. The van der Waals surface area contributed by atoms with Gasteiger partial charge < -0.3 is 49.5 Å². The molecule has 540 valence electrons. The fraction of sp³-hybridized carbons (Fsp3) is 0.293. The van der Waals surface area contributed by atoms with E-state index in [1.165, 1.54) is 69.6 Å². The molecule has 0 radical (unpaired) electrons.